The van der Waals surface area contributed by atoms with E-state index in [0.717, 1.165) is 6.26 Å². The first-order valence-electron chi connectivity index (χ1n) is 14.4. The van der Waals surface area contributed by atoms with E-state index in [1.807, 2.05) is 39.3 Å². The maximum Gasteiger partial charge on any atom is 0.287 e. The summed E-state index contributed by atoms with van der Waals surface area (Å²) in [7, 11) is -0.961. The second-order valence-corrected chi connectivity index (χ2v) is 15.1. The highest BCUT2D eigenvalue weighted by atomic mass is 32.2. The average Bonchev–Trinajstić information content (AvgIpc) is 2.89. The molecule has 0 unspecified atom stereocenters. The van der Waals surface area contributed by atoms with E-state index in [1.54, 1.807) is 25.3 Å². The lowest BCUT2D eigenvalue weighted by atomic mass is 9.65. The van der Waals surface area contributed by atoms with Gasteiger partial charge in [0.25, 0.3) is 5.91 Å². The van der Waals surface area contributed by atoms with Crippen molar-refractivity contribution < 1.29 is 37.0 Å². The smallest absolute Gasteiger partial charge is 0.287 e. The molecular formula is C33H38N2O8S. The maximum absolute atomic E-state index is 13.9. The number of Topliss-reactive ketones (excluding diaryl/α,β-unsaturated/α-hetero) is 2. The molecular weight excluding hydrogens is 584 g/mol. The number of aromatic nitrogens is 1. The average molecular weight is 623 g/mol. The highest BCUT2D eigenvalue weighted by molar-refractivity contribution is 7.89. The lowest BCUT2D eigenvalue weighted by Gasteiger charge is -2.43. The summed E-state index contributed by atoms with van der Waals surface area (Å²) < 4.78 is 43.1. The van der Waals surface area contributed by atoms with E-state index in [9.17, 15) is 22.8 Å². The summed E-state index contributed by atoms with van der Waals surface area (Å²) in [6.45, 7) is 10.00. The molecule has 0 saturated carbocycles. The van der Waals surface area contributed by atoms with Gasteiger partial charge >= 0.3 is 0 Å². The van der Waals surface area contributed by atoms with E-state index in [1.165, 1.54) is 13.2 Å². The van der Waals surface area contributed by atoms with Crippen molar-refractivity contribution >= 4 is 27.5 Å². The number of hydrogen-bond donors (Lipinski definition) is 1. The molecule has 0 atom stereocenters. The molecule has 1 N–H and O–H groups in total. The Labute approximate surface area is 257 Å². The van der Waals surface area contributed by atoms with Gasteiger partial charge in [-0.2, -0.15) is 0 Å². The van der Waals surface area contributed by atoms with Gasteiger partial charge in [-0.05, 0) is 47.6 Å². The number of ether oxygens (including phenoxy) is 3. The minimum absolute atomic E-state index is 0.0698. The number of carbonyl (C=O) groups is 3. The quantitative estimate of drug-likeness (QED) is 0.463. The fourth-order valence-electron chi connectivity index (χ4n) is 6.62. The molecule has 1 aromatic heterocycles. The van der Waals surface area contributed by atoms with Crippen molar-refractivity contribution in [3.8, 4) is 22.8 Å². The number of carbonyl (C=O) groups excluding carboxylic acids is 3. The Morgan fingerprint density at radius 2 is 1.41 bits per heavy atom. The Bertz CT molecular complexity index is 1730. The van der Waals surface area contributed by atoms with Crippen molar-refractivity contribution in [3.05, 3.63) is 63.8 Å². The summed E-state index contributed by atoms with van der Waals surface area (Å²) in [6.07, 6.45) is 2.61. The van der Waals surface area contributed by atoms with E-state index in [-0.39, 0.29) is 33.8 Å². The number of rotatable bonds is 6. The number of amides is 1. The van der Waals surface area contributed by atoms with Crippen molar-refractivity contribution in [1.29, 1.82) is 0 Å². The fourth-order valence-corrected chi connectivity index (χ4v) is 7.06. The van der Waals surface area contributed by atoms with Crippen LogP contribution in [0, 0.1) is 17.8 Å². The third-order valence-corrected chi connectivity index (χ3v) is 8.97. The van der Waals surface area contributed by atoms with Crippen molar-refractivity contribution in [1.82, 2.24) is 9.71 Å². The molecule has 2 heterocycles. The Kier molecular flexibility index (Phi) is 7.77. The first kappa shape index (κ1) is 31.4. The number of ketones is 2. The van der Waals surface area contributed by atoms with Gasteiger partial charge in [0, 0.05) is 48.0 Å². The number of methoxy groups -OCH3 is 2. The highest BCUT2D eigenvalue weighted by Gasteiger charge is 2.49. The molecule has 0 fully saturated rings. The summed E-state index contributed by atoms with van der Waals surface area (Å²) in [5.41, 5.74) is 2.46. The molecule has 0 bridgehead atoms. The van der Waals surface area contributed by atoms with Crippen LogP contribution in [-0.2, 0) is 24.3 Å². The number of nitrogens with one attached hydrogen (secondary N) is 1. The number of pyridine rings is 1. The van der Waals surface area contributed by atoms with E-state index >= 15 is 0 Å². The maximum atomic E-state index is 13.9. The molecule has 5 rings (SSSR count). The fraction of sp³-hybridized carbons (Fsp3) is 0.455. The molecule has 11 heteroatoms. The summed E-state index contributed by atoms with van der Waals surface area (Å²) in [4.78, 5) is 45.1. The number of benzene rings is 1. The van der Waals surface area contributed by atoms with Crippen molar-refractivity contribution in [2.45, 2.75) is 66.2 Å². The number of nitrogens with zero attached hydrogens (tertiary/aromatic N) is 1. The zero-order chi connectivity index (χ0) is 32.4. The lowest BCUT2D eigenvalue weighted by Crippen LogP contribution is -2.38. The molecule has 234 valence electrons. The van der Waals surface area contributed by atoms with Crippen molar-refractivity contribution in [2.24, 2.45) is 10.8 Å². The van der Waals surface area contributed by atoms with Crippen LogP contribution in [0.15, 0.2) is 46.9 Å². The van der Waals surface area contributed by atoms with Crippen LogP contribution in [0.4, 0.5) is 0 Å². The van der Waals surface area contributed by atoms with E-state index in [2.05, 4.69) is 4.98 Å². The van der Waals surface area contributed by atoms with Gasteiger partial charge in [-0.15, -0.1) is 0 Å². The zero-order valence-corrected chi connectivity index (χ0v) is 27.2. The Morgan fingerprint density at radius 1 is 0.886 bits per heavy atom. The van der Waals surface area contributed by atoms with Crippen LogP contribution in [0.25, 0.3) is 11.3 Å². The highest BCUT2D eigenvalue weighted by Crippen LogP contribution is 2.55. The molecule has 44 heavy (non-hydrogen) atoms. The topological polar surface area (TPSA) is 138 Å². The number of sulfonamides is 1. The summed E-state index contributed by atoms with van der Waals surface area (Å²) in [5, 5.41) is 0. The predicted octanol–water partition coefficient (Wildman–Crippen LogP) is 5.16. The third kappa shape index (κ3) is 5.77. The van der Waals surface area contributed by atoms with Crippen molar-refractivity contribution in [3.63, 3.8) is 0 Å². The summed E-state index contributed by atoms with van der Waals surface area (Å²) in [6, 6.07) is 6.74. The summed E-state index contributed by atoms with van der Waals surface area (Å²) >= 11 is 0. The van der Waals surface area contributed by atoms with Gasteiger partial charge in [0.15, 0.2) is 17.3 Å². The van der Waals surface area contributed by atoms with E-state index in [4.69, 9.17) is 14.2 Å². The van der Waals surface area contributed by atoms with E-state index in [0.29, 0.717) is 76.5 Å². The standard InChI is InChI=1S/C33H38N2O8S/c1-17-18(19-10-12-23(42-7)30(34-19)31(38)35-44(8,39)40)9-11-22(41-6)26(17)29-27-20(36)13-32(2,3)15-24(27)43-25-16-33(4,5)14-21(37)28(25)29/h9-12,29H,13-16H2,1-8H3,(H,35,38). The normalized spacial score (nSPS) is 19.6. The monoisotopic (exact) mass is 622 g/mol. The van der Waals surface area contributed by atoms with Gasteiger partial charge in [-0.25, -0.2) is 18.1 Å². The van der Waals surface area contributed by atoms with Crippen LogP contribution in [0.3, 0.4) is 0 Å². The second kappa shape index (κ2) is 10.9. The third-order valence-electron chi connectivity index (χ3n) is 8.41. The first-order chi connectivity index (χ1) is 20.4. The molecule has 1 aromatic carbocycles. The number of allylic oxidation sites excluding steroid dienone is 4. The Balaban J connectivity index is 1.75. The van der Waals surface area contributed by atoms with Crippen LogP contribution < -0.4 is 14.2 Å². The first-order valence-corrected chi connectivity index (χ1v) is 16.3. The molecule has 1 amide bonds. The van der Waals surface area contributed by atoms with Gasteiger partial charge in [-0.1, -0.05) is 27.7 Å². The molecule has 3 aliphatic rings. The minimum atomic E-state index is -3.86. The van der Waals surface area contributed by atoms with Crippen LogP contribution >= 0.6 is 0 Å². The van der Waals surface area contributed by atoms with Crippen LogP contribution in [0.2, 0.25) is 0 Å². The van der Waals surface area contributed by atoms with Gasteiger partial charge < -0.3 is 14.2 Å². The predicted molar refractivity (Wildman–Crippen MR) is 164 cm³/mol. The van der Waals surface area contributed by atoms with Crippen LogP contribution in [0.1, 0.15) is 80.9 Å². The summed E-state index contributed by atoms with van der Waals surface area (Å²) in [5.74, 6) is -0.000114. The van der Waals surface area contributed by atoms with Crippen LogP contribution in [0.5, 0.6) is 11.5 Å². The molecule has 2 aromatic rings. The molecule has 2 aliphatic carbocycles. The van der Waals surface area contributed by atoms with Crippen LogP contribution in [-0.4, -0.2) is 51.4 Å². The Hall–Kier alpha value is -3.99. The zero-order valence-electron chi connectivity index (χ0n) is 26.3. The lowest BCUT2D eigenvalue weighted by molar-refractivity contribution is -0.120. The van der Waals surface area contributed by atoms with E-state index < -0.39 is 21.8 Å². The minimum Gasteiger partial charge on any atom is -0.496 e. The number of hydrogen-bond acceptors (Lipinski definition) is 9. The molecule has 10 nitrogen and oxygen atoms in total. The van der Waals surface area contributed by atoms with Gasteiger partial charge in [0.1, 0.15) is 23.0 Å². The molecule has 0 spiro atoms. The van der Waals surface area contributed by atoms with Gasteiger partial charge in [0.05, 0.1) is 32.1 Å². The SMILES string of the molecule is COc1ccc(-c2ccc(OC)c(C3C4=C(CC(C)(C)CC4=O)OC4=C3C(=O)CC(C)(C)C4)c2C)nc1C(=O)NS(C)(=O)=O. The molecule has 0 saturated heterocycles. The van der Waals surface area contributed by atoms with Crippen molar-refractivity contribution in [2.75, 3.05) is 20.5 Å². The molecule has 1 aliphatic heterocycles. The molecule has 0 radical (unpaired) electrons. The van der Waals surface area contributed by atoms with Gasteiger partial charge in [0.2, 0.25) is 10.0 Å². The van der Waals surface area contributed by atoms with Gasteiger partial charge in [-0.3, -0.25) is 14.4 Å². The largest absolute Gasteiger partial charge is 0.496 e. The second-order valence-electron chi connectivity index (χ2n) is 13.4. The Morgan fingerprint density at radius 3 is 1.91 bits per heavy atom.